The summed E-state index contributed by atoms with van der Waals surface area (Å²) in [6, 6.07) is 3.95. The maximum Gasteiger partial charge on any atom is 0.195 e. The van der Waals surface area contributed by atoms with Crippen molar-refractivity contribution < 1.29 is 0 Å². The van der Waals surface area contributed by atoms with Gasteiger partial charge in [0.2, 0.25) is 0 Å². The van der Waals surface area contributed by atoms with Crippen LogP contribution in [0.5, 0.6) is 0 Å². The molecule has 0 spiro atoms. The minimum atomic E-state index is 0.367. The molecular formula is C13H19N5. The minimum absolute atomic E-state index is 0.367. The van der Waals surface area contributed by atoms with Gasteiger partial charge in [-0.1, -0.05) is 6.58 Å². The Labute approximate surface area is 108 Å². The first-order valence-electron chi connectivity index (χ1n) is 5.75. The molecule has 5 heteroatoms. The van der Waals surface area contributed by atoms with Crippen LogP contribution in [0.2, 0.25) is 0 Å². The molecule has 1 heterocycles. The molecular weight excluding hydrogens is 226 g/mol. The SMILES string of the molecule is C=C(C)/N=C(C)\N=C(/N)NCCc1ccncc1. The Bertz CT molecular complexity index is 448. The van der Waals surface area contributed by atoms with Gasteiger partial charge in [0, 0.05) is 24.6 Å². The molecule has 0 saturated heterocycles. The summed E-state index contributed by atoms with van der Waals surface area (Å²) in [5.74, 6) is 0.961. The fourth-order valence-electron chi connectivity index (χ4n) is 1.40. The van der Waals surface area contributed by atoms with Crippen molar-refractivity contribution in [1.82, 2.24) is 10.3 Å². The molecule has 0 aliphatic rings. The van der Waals surface area contributed by atoms with Crippen molar-refractivity contribution in [3.63, 3.8) is 0 Å². The van der Waals surface area contributed by atoms with Crippen molar-refractivity contribution in [3.05, 3.63) is 42.4 Å². The standard InChI is InChI=1S/C13H19N5/c1-10(2)17-11(3)18-13(14)16-9-6-12-4-7-15-8-5-12/h4-5,7-8H,1,6,9H2,2-3H3,(H3,14,16,17,18). The first-order chi connectivity index (χ1) is 8.58. The normalized spacial score (nSPS) is 12.3. The summed E-state index contributed by atoms with van der Waals surface area (Å²) in [4.78, 5) is 12.2. The third-order valence-corrected chi connectivity index (χ3v) is 2.10. The van der Waals surface area contributed by atoms with Crippen molar-refractivity contribution in [2.24, 2.45) is 15.7 Å². The van der Waals surface area contributed by atoms with Gasteiger partial charge >= 0.3 is 0 Å². The van der Waals surface area contributed by atoms with Crippen molar-refractivity contribution >= 4 is 11.8 Å². The van der Waals surface area contributed by atoms with E-state index >= 15 is 0 Å². The van der Waals surface area contributed by atoms with Crippen LogP contribution in [0, 0.1) is 0 Å². The average Bonchev–Trinajstić information content (AvgIpc) is 2.29. The van der Waals surface area contributed by atoms with E-state index in [0.717, 1.165) is 13.0 Å². The summed E-state index contributed by atoms with van der Waals surface area (Å²) in [7, 11) is 0. The number of amidine groups is 1. The number of hydrogen-bond acceptors (Lipinski definition) is 2. The van der Waals surface area contributed by atoms with Gasteiger partial charge in [-0.05, 0) is 38.0 Å². The maximum absolute atomic E-state index is 5.73. The zero-order chi connectivity index (χ0) is 13.4. The van der Waals surface area contributed by atoms with Gasteiger partial charge in [0.1, 0.15) is 5.84 Å². The van der Waals surface area contributed by atoms with E-state index in [1.807, 2.05) is 19.1 Å². The van der Waals surface area contributed by atoms with Gasteiger partial charge in [0.25, 0.3) is 0 Å². The van der Waals surface area contributed by atoms with Crippen LogP contribution in [0.4, 0.5) is 0 Å². The van der Waals surface area contributed by atoms with Crippen molar-refractivity contribution in [2.75, 3.05) is 6.54 Å². The number of aromatic nitrogens is 1. The van der Waals surface area contributed by atoms with E-state index in [2.05, 4.69) is 26.9 Å². The highest BCUT2D eigenvalue weighted by atomic mass is 15.1. The number of rotatable bonds is 4. The van der Waals surface area contributed by atoms with E-state index in [9.17, 15) is 0 Å². The number of allylic oxidation sites excluding steroid dienone is 1. The van der Waals surface area contributed by atoms with Crippen molar-refractivity contribution in [1.29, 1.82) is 0 Å². The predicted octanol–water partition coefficient (Wildman–Crippen LogP) is 1.48. The van der Waals surface area contributed by atoms with Gasteiger partial charge in [0.05, 0.1) is 0 Å². The molecule has 3 N–H and O–H groups in total. The highest BCUT2D eigenvalue weighted by Crippen LogP contribution is 1.96. The number of nitrogens with one attached hydrogen (secondary N) is 1. The summed E-state index contributed by atoms with van der Waals surface area (Å²) in [5, 5.41) is 3.03. The molecule has 1 aromatic heterocycles. The van der Waals surface area contributed by atoms with Crippen LogP contribution >= 0.6 is 0 Å². The van der Waals surface area contributed by atoms with Crippen LogP contribution in [-0.2, 0) is 6.42 Å². The first-order valence-corrected chi connectivity index (χ1v) is 5.75. The zero-order valence-electron chi connectivity index (χ0n) is 10.8. The van der Waals surface area contributed by atoms with Gasteiger partial charge in [-0.25, -0.2) is 9.98 Å². The summed E-state index contributed by atoms with van der Waals surface area (Å²) in [6.07, 6.45) is 4.42. The van der Waals surface area contributed by atoms with Crippen LogP contribution in [0.25, 0.3) is 0 Å². The smallest absolute Gasteiger partial charge is 0.195 e. The van der Waals surface area contributed by atoms with Crippen molar-refractivity contribution in [2.45, 2.75) is 20.3 Å². The number of aliphatic imine (C=N–C) groups is 2. The molecule has 5 nitrogen and oxygen atoms in total. The van der Waals surface area contributed by atoms with E-state index < -0.39 is 0 Å². The third-order valence-electron chi connectivity index (χ3n) is 2.10. The Morgan fingerprint density at radius 3 is 2.61 bits per heavy atom. The van der Waals surface area contributed by atoms with Crippen LogP contribution in [0.3, 0.4) is 0 Å². The van der Waals surface area contributed by atoms with Crippen LogP contribution in [0.1, 0.15) is 19.4 Å². The van der Waals surface area contributed by atoms with E-state index in [-0.39, 0.29) is 0 Å². The molecule has 0 atom stereocenters. The fraction of sp³-hybridized carbons (Fsp3) is 0.308. The molecule has 0 radical (unpaired) electrons. The second-order valence-corrected chi connectivity index (χ2v) is 3.92. The van der Waals surface area contributed by atoms with Crippen molar-refractivity contribution in [3.8, 4) is 0 Å². The Morgan fingerprint density at radius 2 is 2.00 bits per heavy atom. The quantitative estimate of drug-likeness (QED) is 0.623. The highest BCUT2D eigenvalue weighted by Gasteiger charge is 1.95. The molecule has 0 bridgehead atoms. The molecule has 0 unspecified atom stereocenters. The molecule has 0 aliphatic carbocycles. The molecule has 1 aromatic rings. The third kappa shape index (κ3) is 5.79. The lowest BCUT2D eigenvalue weighted by Crippen LogP contribution is -2.33. The molecule has 0 aromatic carbocycles. The molecule has 0 saturated carbocycles. The number of nitrogens with two attached hydrogens (primary N) is 1. The second kappa shape index (κ2) is 7.21. The summed E-state index contributed by atoms with van der Waals surface area (Å²) in [5.41, 5.74) is 7.65. The monoisotopic (exact) mass is 245 g/mol. The predicted molar refractivity (Wildman–Crippen MR) is 75.5 cm³/mol. The maximum atomic E-state index is 5.73. The largest absolute Gasteiger partial charge is 0.370 e. The zero-order valence-corrected chi connectivity index (χ0v) is 10.8. The number of nitrogens with zero attached hydrogens (tertiary/aromatic N) is 3. The van der Waals surface area contributed by atoms with Crippen LogP contribution < -0.4 is 11.1 Å². The Morgan fingerprint density at radius 1 is 1.33 bits per heavy atom. The van der Waals surface area contributed by atoms with E-state index in [0.29, 0.717) is 17.5 Å². The molecule has 0 fully saturated rings. The second-order valence-electron chi connectivity index (χ2n) is 3.92. The fourth-order valence-corrected chi connectivity index (χ4v) is 1.40. The van der Waals surface area contributed by atoms with Gasteiger partial charge < -0.3 is 11.1 Å². The molecule has 0 aliphatic heterocycles. The minimum Gasteiger partial charge on any atom is -0.370 e. The van der Waals surface area contributed by atoms with Crippen LogP contribution in [-0.4, -0.2) is 23.3 Å². The summed E-state index contributed by atoms with van der Waals surface area (Å²) in [6.45, 7) is 8.00. The Hall–Kier alpha value is -2.17. The topological polar surface area (TPSA) is 75.7 Å². The molecule has 96 valence electrons. The Kier molecular flexibility index (Phi) is 5.57. The summed E-state index contributed by atoms with van der Waals surface area (Å²) < 4.78 is 0. The van der Waals surface area contributed by atoms with Gasteiger partial charge in [-0.15, -0.1) is 0 Å². The van der Waals surface area contributed by atoms with Gasteiger partial charge in [0.15, 0.2) is 5.96 Å². The van der Waals surface area contributed by atoms with Gasteiger partial charge in [-0.3, -0.25) is 4.98 Å². The number of guanidine groups is 1. The first kappa shape index (κ1) is 13.9. The van der Waals surface area contributed by atoms with E-state index in [1.165, 1.54) is 5.56 Å². The molecule has 1 rings (SSSR count). The van der Waals surface area contributed by atoms with Gasteiger partial charge in [-0.2, -0.15) is 0 Å². The Balaban J connectivity index is 2.39. The number of pyridine rings is 1. The van der Waals surface area contributed by atoms with E-state index in [1.54, 1.807) is 19.3 Å². The lowest BCUT2D eigenvalue weighted by atomic mass is 10.2. The van der Waals surface area contributed by atoms with Crippen LogP contribution in [0.15, 0.2) is 46.8 Å². The lowest BCUT2D eigenvalue weighted by Gasteiger charge is -2.05. The lowest BCUT2D eigenvalue weighted by molar-refractivity contribution is 0.858. The average molecular weight is 245 g/mol. The molecule has 0 amide bonds. The highest BCUT2D eigenvalue weighted by molar-refractivity contribution is 5.94. The number of hydrogen-bond donors (Lipinski definition) is 2. The summed E-state index contributed by atoms with van der Waals surface area (Å²) >= 11 is 0. The van der Waals surface area contributed by atoms with E-state index in [4.69, 9.17) is 5.73 Å². The molecule has 18 heavy (non-hydrogen) atoms.